The fraction of sp³-hybridized carbons (Fsp3) is 0.758. The third-order valence-electron chi connectivity index (χ3n) is 12.9. The highest BCUT2D eigenvalue weighted by Crippen LogP contribution is 2.17. The van der Waals surface area contributed by atoms with Crippen LogP contribution in [0.4, 0.5) is 0 Å². The molecule has 4 nitrogen and oxygen atoms in total. The summed E-state index contributed by atoms with van der Waals surface area (Å²) >= 11 is 0. The number of nitrogens with one attached hydrogen (secondary N) is 1. The van der Waals surface area contributed by atoms with Crippen molar-refractivity contribution >= 4 is 5.91 Å². The molecule has 2 atom stereocenters. The maximum absolute atomic E-state index is 12.5. The van der Waals surface area contributed by atoms with Gasteiger partial charge in [-0.3, -0.25) is 4.79 Å². The summed E-state index contributed by atoms with van der Waals surface area (Å²) in [5, 5.41) is 23.3. The maximum Gasteiger partial charge on any atom is 0.220 e. The molecule has 3 N–H and O–H groups in total. The number of aliphatic hydroxyl groups is 2. The van der Waals surface area contributed by atoms with Crippen LogP contribution in [0.5, 0.6) is 0 Å². The van der Waals surface area contributed by atoms with Gasteiger partial charge in [0.05, 0.1) is 18.8 Å². The van der Waals surface area contributed by atoms with Crippen LogP contribution >= 0.6 is 0 Å². The Morgan fingerprint density at radius 3 is 0.985 bits per heavy atom. The Hall–Kier alpha value is -2.43. The van der Waals surface area contributed by atoms with E-state index in [4.69, 9.17) is 0 Å². The molecule has 0 saturated heterocycles. The molecule has 66 heavy (non-hydrogen) atoms. The van der Waals surface area contributed by atoms with Gasteiger partial charge in [0.25, 0.3) is 0 Å². The van der Waals surface area contributed by atoms with Gasteiger partial charge in [-0.25, -0.2) is 0 Å². The zero-order chi connectivity index (χ0) is 47.7. The smallest absolute Gasteiger partial charge is 0.220 e. The largest absolute Gasteiger partial charge is 0.394 e. The van der Waals surface area contributed by atoms with Crippen molar-refractivity contribution in [3.05, 3.63) is 85.1 Å². The van der Waals surface area contributed by atoms with Gasteiger partial charge in [-0.15, -0.1) is 0 Å². The lowest BCUT2D eigenvalue weighted by Gasteiger charge is -2.22. The van der Waals surface area contributed by atoms with Crippen molar-refractivity contribution in [2.45, 2.75) is 296 Å². The van der Waals surface area contributed by atoms with E-state index in [9.17, 15) is 15.0 Å². The highest BCUT2D eigenvalue weighted by Gasteiger charge is 2.20. The number of amides is 1. The first-order valence-electron chi connectivity index (χ1n) is 28.8. The van der Waals surface area contributed by atoms with Gasteiger partial charge in [-0.05, 0) is 70.6 Å². The molecule has 0 aromatic rings. The first kappa shape index (κ1) is 63.6. The minimum absolute atomic E-state index is 0.0631. The average molecular weight is 919 g/mol. The number of aliphatic hydroxyl groups excluding tert-OH is 2. The molecule has 0 aromatic carbocycles. The second-order valence-corrected chi connectivity index (χ2v) is 19.3. The van der Waals surface area contributed by atoms with Crippen molar-refractivity contribution in [2.75, 3.05) is 6.61 Å². The van der Waals surface area contributed by atoms with E-state index in [0.717, 1.165) is 83.5 Å². The number of carbonyl (C=O) groups is 1. The van der Waals surface area contributed by atoms with Crippen molar-refractivity contribution in [1.29, 1.82) is 0 Å². The normalized spacial score (nSPS) is 13.5. The van der Waals surface area contributed by atoms with Crippen LogP contribution in [0.25, 0.3) is 0 Å². The highest BCUT2D eigenvalue weighted by molar-refractivity contribution is 5.76. The van der Waals surface area contributed by atoms with Crippen LogP contribution < -0.4 is 5.32 Å². The predicted octanol–water partition coefficient (Wildman–Crippen LogP) is 19.1. The zero-order valence-corrected chi connectivity index (χ0v) is 43.9. The molecule has 0 bridgehead atoms. The van der Waals surface area contributed by atoms with Crippen LogP contribution in [0.3, 0.4) is 0 Å². The molecule has 4 heteroatoms. The number of allylic oxidation sites excluding steroid dienone is 14. The van der Waals surface area contributed by atoms with E-state index in [2.05, 4.69) is 104 Å². The van der Waals surface area contributed by atoms with E-state index in [-0.39, 0.29) is 12.5 Å². The summed E-state index contributed by atoms with van der Waals surface area (Å²) in [6.07, 6.45) is 82.9. The maximum atomic E-state index is 12.5. The lowest BCUT2D eigenvalue weighted by Crippen LogP contribution is -2.45. The summed E-state index contributed by atoms with van der Waals surface area (Å²) in [6, 6.07) is -0.562. The van der Waals surface area contributed by atoms with Crippen LogP contribution in [0.2, 0.25) is 0 Å². The zero-order valence-electron chi connectivity index (χ0n) is 43.9. The lowest BCUT2D eigenvalue weighted by molar-refractivity contribution is -0.123. The van der Waals surface area contributed by atoms with Gasteiger partial charge in [-0.1, -0.05) is 292 Å². The second-order valence-electron chi connectivity index (χ2n) is 19.3. The third kappa shape index (κ3) is 52.5. The minimum atomic E-state index is -0.681. The van der Waals surface area contributed by atoms with Crippen molar-refractivity contribution in [1.82, 2.24) is 5.32 Å². The van der Waals surface area contributed by atoms with Gasteiger partial charge in [0.15, 0.2) is 0 Å². The second kappa shape index (κ2) is 56.9. The molecule has 0 rings (SSSR count). The summed E-state index contributed by atoms with van der Waals surface area (Å²) in [5.74, 6) is -0.0631. The summed E-state index contributed by atoms with van der Waals surface area (Å²) in [7, 11) is 0. The average Bonchev–Trinajstić information content (AvgIpc) is 3.32. The molecule has 0 radical (unpaired) electrons. The molecule has 2 unspecified atom stereocenters. The number of unbranched alkanes of at least 4 members (excludes halogenated alkanes) is 31. The fourth-order valence-electron chi connectivity index (χ4n) is 8.58. The molecule has 0 heterocycles. The summed E-state index contributed by atoms with van der Waals surface area (Å²) in [4.78, 5) is 12.5. The predicted molar refractivity (Wildman–Crippen MR) is 294 cm³/mol. The Labute approximate surface area is 411 Å². The summed E-state index contributed by atoms with van der Waals surface area (Å²) in [6.45, 7) is 4.25. The molecule has 0 saturated carbocycles. The first-order chi connectivity index (χ1) is 32.7. The molecule has 0 aliphatic carbocycles. The molecule has 0 fully saturated rings. The minimum Gasteiger partial charge on any atom is -0.394 e. The van der Waals surface area contributed by atoms with Crippen LogP contribution in [0, 0.1) is 0 Å². The fourth-order valence-corrected chi connectivity index (χ4v) is 8.58. The van der Waals surface area contributed by atoms with Gasteiger partial charge in [0.2, 0.25) is 5.91 Å². The molecule has 0 spiro atoms. The third-order valence-corrected chi connectivity index (χ3v) is 12.9. The van der Waals surface area contributed by atoms with E-state index in [0.29, 0.717) is 12.8 Å². The van der Waals surface area contributed by atoms with Gasteiger partial charge in [0.1, 0.15) is 0 Å². The van der Waals surface area contributed by atoms with Gasteiger partial charge >= 0.3 is 0 Å². The highest BCUT2D eigenvalue weighted by atomic mass is 16.3. The summed E-state index contributed by atoms with van der Waals surface area (Å²) in [5.41, 5.74) is 0. The van der Waals surface area contributed by atoms with Crippen LogP contribution in [-0.2, 0) is 4.79 Å². The molecule has 0 aromatic heterocycles. The monoisotopic (exact) mass is 918 g/mol. The Balaban J connectivity index is 3.54. The number of carbonyl (C=O) groups excluding carboxylic acids is 1. The van der Waals surface area contributed by atoms with E-state index in [1.54, 1.807) is 0 Å². The molecule has 1 amide bonds. The Morgan fingerprint density at radius 2 is 0.667 bits per heavy atom. The molecule has 382 valence electrons. The standard InChI is InChI=1S/C62H111NO3/c1-3-5-7-9-11-13-15-17-19-21-23-25-27-29-30-31-32-34-35-37-39-41-43-45-47-49-51-53-55-57-61(65)60(59-64)63-62(66)58-56-54-52-50-48-46-44-42-40-38-36-33-28-26-24-22-20-18-16-14-12-10-8-6-4-2/h6,8,12,14,18,20,24,26,33,36,40,42,46,48,60-61,64-65H,3-5,7,9-11,13,15-17,19,21-23,25,27-32,34-35,37-39,41,43-45,47,49-59H2,1-2H3,(H,63,66)/b8-6-,14-12-,20-18-,26-24-,36-33-,42-40-,48-46-. The van der Waals surface area contributed by atoms with E-state index in [1.807, 2.05) is 0 Å². The van der Waals surface area contributed by atoms with Crippen molar-refractivity contribution in [3.8, 4) is 0 Å². The van der Waals surface area contributed by atoms with Crippen LogP contribution in [0.15, 0.2) is 85.1 Å². The van der Waals surface area contributed by atoms with Crippen molar-refractivity contribution in [2.24, 2.45) is 0 Å². The van der Waals surface area contributed by atoms with Crippen molar-refractivity contribution in [3.63, 3.8) is 0 Å². The van der Waals surface area contributed by atoms with Crippen molar-refractivity contribution < 1.29 is 15.0 Å². The molecular weight excluding hydrogens is 807 g/mol. The number of hydrogen-bond acceptors (Lipinski definition) is 3. The SMILES string of the molecule is CC/C=C\C/C=C\C/C=C\C/C=C\C/C=C\C/C=C\C/C=C\CCCCCC(=O)NC(CO)C(O)CCCCCCCCCCCCCCCCCCCCCCCCCCCCCCC. The van der Waals surface area contributed by atoms with Crippen LogP contribution in [-0.4, -0.2) is 34.9 Å². The van der Waals surface area contributed by atoms with Crippen LogP contribution in [0.1, 0.15) is 284 Å². The van der Waals surface area contributed by atoms with E-state index >= 15 is 0 Å². The molecule has 0 aliphatic rings. The number of hydrogen-bond donors (Lipinski definition) is 3. The topological polar surface area (TPSA) is 69.6 Å². The lowest BCUT2D eigenvalue weighted by atomic mass is 10.0. The summed E-state index contributed by atoms with van der Waals surface area (Å²) < 4.78 is 0. The quantitative estimate of drug-likeness (QED) is 0.0421. The Morgan fingerprint density at radius 1 is 0.379 bits per heavy atom. The first-order valence-corrected chi connectivity index (χ1v) is 28.8. The number of rotatable bonds is 52. The van der Waals surface area contributed by atoms with Gasteiger partial charge in [0, 0.05) is 6.42 Å². The van der Waals surface area contributed by atoms with Gasteiger partial charge in [-0.2, -0.15) is 0 Å². The molecule has 0 aliphatic heterocycles. The van der Waals surface area contributed by atoms with E-state index < -0.39 is 12.1 Å². The van der Waals surface area contributed by atoms with Gasteiger partial charge < -0.3 is 15.5 Å². The Kier molecular flexibility index (Phi) is 54.8. The van der Waals surface area contributed by atoms with E-state index in [1.165, 1.54) is 173 Å². The molecular formula is C62H111NO3. The Bertz CT molecular complexity index is 1180.